The van der Waals surface area contributed by atoms with Crippen LogP contribution in [0.4, 0.5) is 22.7 Å². The molecule has 0 atom stereocenters. The maximum atomic E-state index is 9.68. The fraction of sp³-hybridized carbons (Fsp3) is 0.171. The molecule has 7 heteroatoms. The average Bonchev–Trinajstić information content (AvgIpc) is 1.46. The van der Waals surface area contributed by atoms with E-state index in [1.165, 1.54) is 49.4 Å². The minimum Gasteiger partial charge on any atom is -0.340 e. The molecule has 130 heavy (non-hydrogen) atoms. The number of anilines is 4. The van der Waals surface area contributed by atoms with Crippen molar-refractivity contribution >= 4 is 133 Å². The molecule has 21 aromatic rings. The fourth-order valence-corrected chi connectivity index (χ4v) is 21.3. The highest BCUT2D eigenvalue weighted by Crippen LogP contribution is 2.50. The first-order valence-corrected chi connectivity index (χ1v) is 46.0. The molecule has 0 unspecified atom stereocenters. The predicted octanol–water partition coefficient (Wildman–Crippen LogP) is 30.1. The Balaban J connectivity index is 0.838. The summed E-state index contributed by atoms with van der Waals surface area (Å²) in [5, 5.41) is 7.25. The number of aryl methyl sites for hydroxylation is 2. The minimum absolute atomic E-state index is 0.0685. The second kappa shape index (κ2) is 30.7. The van der Waals surface area contributed by atoms with Crippen LogP contribution in [0.2, 0.25) is 0 Å². The Labute approximate surface area is 774 Å². The van der Waals surface area contributed by atoms with Gasteiger partial charge in [0.15, 0.2) is 0 Å². The molecule has 4 aromatic heterocycles. The molecule has 0 saturated heterocycles. The van der Waals surface area contributed by atoms with E-state index in [1.54, 1.807) is 4.57 Å². The van der Waals surface area contributed by atoms with Gasteiger partial charge < -0.3 is 28.1 Å². The topological polar surface area (TPSA) is 26.2 Å². The predicted molar refractivity (Wildman–Crippen MR) is 555 cm³/mol. The van der Waals surface area contributed by atoms with Crippen molar-refractivity contribution in [3.63, 3.8) is 0 Å². The third-order valence-corrected chi connectivity index (χ3v) is 28.0. The minimum atomic E-state index is -0.470. The zero-order valence-corrected chi connectivity index (χ0v) is 75.9. The van der Waals surface area contributed by atoms with E-state index in [9.17, 15) is 8.22 Å². The van der Waals surface area contributed by atoms with Gasteiger partial charge in [0, 0.05) is 125 Å². The molecule has 0 radical (unpaired) electrons. The van der Waals surface area contributed by atoms with Crippen molar-refractivity contribution in [1.82, 2.24) is 18.3 Å². The summed E-state index contributed by atoms with van der Waals surface area (Å²) in [5.41, 5.74) is 34.2. The average molecular weight is 1690 g/mol. The first-order chi connectivity index (χ1) is 66.3. The van der Waals surface area contributed by atoms with Crippen LogP contribution in [0.3, 0.4) is 0 Å². The van der Waals surface area contributed by atoms with Gasteiger partial charge >= 0.3 is 0 Å². The molecule has 6 heterocycles. The Hall–Kier alpha value is -14.4. The molecule has 6 nitrogen and oxygen atoms in total. The van der Waals surface area contributed by atoms with Gasteiger partial charge in [0.05, 0.1) is 33.0 Å². The fourth-order valence-electron chi connectivity index (χ4n) is 21.3. The summed E-state index contributed by atoms with van der Waals surface area (Å²) in [6, 6.07) is 118. The largest absolute Gasteiger partial charge is 0.340 e. The van der Waals surface area contributed by atoms with Crippen LogP contribution < -0.4 is 26.2 Å². The van der Waals surface area contributed by atoms with Crippen molar-refractivity contribution in [3.8, 4) is 55.9 Å². The van der Waals surface area contributed by atoms with Crippen molar-refractivity contribution < 1.29 is 11.0 Å². The Morgan fingerprint density at radius 1 is 0.262 bits per heavy atom. The zero-order chi connectivity index (χ0) is 95.3. The Kier molecular flexibility index (Phi) is 16.9. The summed E-state index contributed by atoms with van der Waals surface area (Å²) in [7, 11) is 0. The number of benzene rings is 17. The lowest BCUT2D eigenvalue weighted by molar-refractivity contribution is 0.590. The van der Waals surface area contributed by atoms with Crippen molar-refractivity contribution in [2.45, 2.75) is 137 Å². The van der Waals surface area contributed by atoms with Gasteiger partial charge in [-0.2, -0.15) is 0 Å². The van der Waals surface area contributed by atoms with Crippen LogP contribution in [0, 0.1) is 0 Å². The van der Waals surface area contributed by atoms with Gasteiger partial charge in [-0.15, -0.1) is 0 Å². The Morgan fingerprint density at radius 3 is 1.07 bits per heavy atom. The van der Waals surface area contributed by atoms with Crippen LogP contribution in [-0.2, 0) is 54.3 Å². The first kappa shape index (κ1) is 71.6. The van der Waals surface area contributed by atoms with Gasteiger partial charge in [0.1, 0.15) is 0 Å². The van der Waals surface area contributed by atoms with Crippen molar-refractivity contribution in [2.75, 3.05) is 9.80 Å². The van der Waals surface area contributed by atoms with Gasteiger partial charge in [-0.1, -0.05) is 350 Å². The Bertz CT molecular complexity index is 8310. The van der Waals surface area contributed by atoms with E-state index < -0.39 is 30.9 Å². The zero-order valence-electron chi connectivity index (χ0n) is 83.9. The van der Waals surface area contributed by atoms with Crippen molar-refractivity contribution in [1.29, 1.82) is 0 Å². The third-order valence-electron chi connectivity index (χ3n) is 28.0. The number of hydrogen-bond donors (Lipinski definition) is 0. The monoisotopic (exact) mass is 1690 g/mol. The number of aromatic nitrogens is 4. The number of rotatable bonds is 15. The second-order valence-corrected chi connectivity index (χ2v) is 40.2. The smallest absolute Gasteiger partial charge is 0.252 e. The maximum Gasteiger partial charge on any atom is 0.252 e. The quantitative estimate of drug-likeness (QED) is 0.0956. The van der Waals surface area contributed by atoms with E-state index in [2.05, 4.69) is 428 Å². The molecule has 0 spiro atoms. The molecule has 2 aliphatic heterocycles. The van der Waals surface area contributed by atoms with Gasteiger partial charge in [0.25, 0.3) is 6.71 Å². The van der Waals surface area contributed by atoms with E-state index in [4.69, 9.17) is 2.74 Å². The SMILES string of the molecule is [2H]c1c([2H])c([2H])c2c(c1[2H])c1c([2H])c([2H])c([2H])c([2H])c1n2CCc1ccc2c(c1)N(Cc1c(-c3ccccc3)cc(C(C)(C)C)cc1-c1ccccc1)c1cc(Cn3c4ccccc4c4cc(-n5c6ccccc6c6ccccc65)ccc43)cc3c1B2c1ccc(-n2c4ccc(C(C)(C)C)cc4c4cc(C(C)(C)C)ccc42)cc1N3Cc1c(-c2ccccc2)cc(C(C)(C)C)cc1-c1ccccc1. The third kappa shape index (κ3) is 13.5. The van der Waals surface area contributed by atoms with Crippen LogP contribution in [0.1, 0.15) is 139 Å². The number of nitrogens with zero attached hydrogens (tertiary/aromatic N) is 6. The van der Waals surface area contributed by atoms with E-state index in [1.807, 2.05) is 0 Å². The summed E-state index contributed by atoms with van der Waals surface area (Å²) >= 11 is 0. The van der Waals surface area contributed by atoms with Gasteiger partial charge in [-0.3, -0.25) is 0 Å². The number of para-hydroxylation sites is 5. The molecule has 17 aromatic carbocycles. The summed E-state index contributed by atoms with van der Waals surface area (Å²) in [4.78, 5) is 5.35. The van der Waals surface area contributed by atoms with E-state index >= 15 is 0 Å². The first-order valence-electron chi connectivity index (χ1n) is 50.0. The highest BCUT2D eigenvalue weighted by Gasteiger charge is 2.45. The summed E-state index contributed by atoms with van der Waals surface area (Å²) in [6.07, 6.45) is 0.299. The van der Waals surface area contributed by atoms with Crippen molar-refractivity contribution in [3.05, 3.63) is 414 Å². The number of fused-ring (bicyclic) bond motifs is 16. The molecular weight excluding hydrogens is 1570 g/mol. The van der Waals surface area contributed by atoms with Crippen LogP contribution in [-0.4, -0.2) is 25.0 Å². The lowest BCUT2D eigenvalue weighted by atomic mass is 9.33. The molecule has 2 aliphatic rings. The molecule has 0 amide bonds. The standard InChI is InChI=1S/C123H107BN6/c1-120(2,3)85-54-60-113-100(68-85)101-69-86(121(4,5)6)55-61-114(101)130(113)90-56-59-106-116(75-90)128(78-104-98(83-39-21-15-22-40-83)72-88(123(10,11)12)73-99(104)84-41-23-16-24-42-84)118-67-80(76-126-109-50-32-27-47-95(109)102-74-89(57-62-110(102)126)129-111-51-33-28-45-93(111)94-46-29-34-52-112(94)129)66-117-119(118)124(106)105-58-53-79(63-64-125-107-48-30-25-43-91(107)92-44-26-31-49-108(92)125)65-115(105)127(117)77-103-96(81-35-17-13-18-36-81)70-87(122(7,8)9)71-97(103)82-37-19-14-20-38-82/h13-62,65-75H,63-64,76-78H2,1-12H3/i25D,26D,30D,31D,43D,44D,48D,49D. The molecule has 0 fully saturated rings. The lowest BCUT2D eigenvalue weighted by Gasteiger charge is -2.45. The van der Waals surface area contributed by atoms with Crippen LogP contribution in [0.5, 0.6) is 0 Å². The molecule has 0 bridgehead atoms. The molecule has 23 rings (SSSR count). The van der Waals surface area contributed by atoms with Crippen LogP contribution >= 0.6 is 0 Å². The molecule has 0 aliphatic carbocycles. The highest BCUT2D eigenvalue weighted by molar-refractivity contribution is 7.00. The highest BCUT2D eigenvalue weighted by atomic mass is 15.2. The summed E-state index contributed by atoms with van der Waals surface area (Å²) in [5.74, 6) is 0. The van der Waals surface area contributed by atoms with Gasteiger partial charge in [0.2, 0.25) is 0 Å². The molecular formula is C123H107BN6. The second-order valence-electron chi connectivity index (χ2n) is 40.2. The van der Waals surface area contributed by atoms with E-state index in [-0.39, 0.29) is 74.2 Å². The van der Waals surface area contributed by atoms with E-state index in [0.29, 0.717) is 26.1 Å². The maximum absolute atomic E-state index is 9.68. The Morgan fingerprint density at radius 2 is 0.615 bits per heavy atom. The molecule has 632 valence electrons. The van der Waals surface area contributed by atoms with Crippen LogP contribution in [0.15, 0.2) is 370 Å². The molecule has 0 saturated carbocycles. The summed E-state index contributed by atoms with van der Waals surface area (Å²) in [6.45, 7) is 28.8. The summed E-state index contributed by atoms with van der Waals surface area (Å²) < 4.78 is 83.9. The number of hydrogen-bond acceptors (Lipinski definition) is 2. The van der Waals surface area contributed by atoms with Gasteiger partial charge in [-0.05, 0) is 237 Å². The normalized spacial score (nSPS) is 13.9. The van der Waals surface area contributed by atoms with Gasteiger partial charge in [-0.25, -0.2) is 0 Å². The lowest BCUT2D eigenvalue weighted by Crippen LogP contribution is -2.62. The van der Waals surface area contributed by atoms with Crippen LogP contribution in [0.25, 0.3) is 143 Å². The molecule has 0 N–H and O–H groups in total. The van der Waals surface area contributed by atoms with E-state index in [0.717, 1.165) is 156 Å². The van der Waals surface area contributed by atoms with Crippen molar-refractivity contribution in [2.24, 2.45) is 0 Å².